The minimum absolute atomic E-state index is 0.0619. The maximum atomic E-state index is 13.0. The zero-order valence-electron chi connectivity index (χ0n) is 20.3. The maximum absolute atomic E-state index is 13.0. The van der Waals surface area contributed by atoms with Crippen LogP contribution < -0.4 is 9.47 Å². The Hall–Kier alpha value is -5.45. The van der Waals surface area contributed by atoms with Crippen LogP contribution in [0.3, 0.4) is 0 Å². The Balaban J connectivity index is 1.96. The van der Waals surface area contributed by atoms with Crippen molar-refractivity contribution in [2.75, 3.05) is 14.2 Å². The summed E-state index contributed by atoms with van der Waals surface area (Å²) in [4.78, 5) is 23.3. The molecule has 11 heteroatoms. The molecule has 0 fully saturated rings. The van der Waals surface area contributed by atoms with E-state index in [0.717, 1.165) is 6.08 Å². The van der Waals surface area contributed by atoms with Crippen molar-refractivity contribution in [3.05, 3.63) is 106 Å². The lowest BCUT2D eigenvalue weighted by molar-refractivity contribution is -0.384. The van der Waals surface area contributed by atoms with Gasteiger partial charge in [-0.3, -0.25) is 14.9 Å². The Labute approximate surface area is 217 Å². The number of non-ortho nitro benzene ring substituents is 1. The molecule has 0 amide bonds. The molecule has 0 heterocycles. The number of rotatable bonds is 10. The standard InChI is InChI=1S/C27H23N3O8/c1-37-25-15-17(3-11-21(25)31)5-13-23(33)27(29-28-19-7-9-20(10-8-19)30(35)36)24(34)14-6-18-4-12-22(32)26(16-18)38-2/h3-16,31-33H,1-2H3/b13-5+,14-6+,27-23+,29-28?. The van der Waals surface area contributed by atoms with Gasteiger partial charge in [-0.05, 0) is 59.7 Å². The number of aromatic hydroxyl groups is 2. The van der Waals surface area contributed by atoms with Gasteiger partial charge in [-0.1, -0.05) is 24.3 Å². The van der Waals surface area contributed by atoms with Crippen LogP contribution in [0, 0.1) is 10.1 Å². The normalized spacial score (nSPS) is 12.2. The number of aliphatic hydroxyl groups is 1. The molecule has 0 aromatic heterocycles. The van der Waals surface area contributed by atoms with E-state index in [-0.39, 0.29) is 34.4 Å². The molecule has 3 rings (SSSR count). The number of hydrogen-bond acceptors (Lipinski definition) is 10. The van der Waals surface area contributed by atoms with Crippen LogP contribution in [-0.2, 0) is 4.79 Å². The zero-order valence-corrected chi connectivity index (χ0v) is 20.3. The highest BCUT2D eigenvalue weighted by Crippen LogP contribution is 2.28. The van der Waals surface area contributed by atoms with Gasteiger partial charge in [-0.15, -0.1) is 5.11 Å². The highest BCUT2D eigenvalue weighted by molar-refractivity contribution is 6.06. The fourth-order valence-electron chi connectivity index (χ4n) is 3.08. The number of ether oxygens (including phenoxy) is 2. The Morgan fingerprint density at radius 1 is 0.868 bits per heavy atom. The van der Waals surface area contributed by atoms with Gasteiger partial charge in [0.15, 0.2) is 28.7 Å². The lowest BCUT2D eigenvalue weighted by Crippen LogP contribution is -1.99. The Morgan fingerprint density at radius 2 is 1.39 bits per heavy atom. The van der Waals surface area contributed by atoms with Crippen LogP contribution in [0.2, 0.25) is 0 Å². The summed E-state index contributed by atoms with van der Waals surface area (Å²) in [7, 11) is 2.78. The van der Waals surface area contributed by atoms with Gasteiger partial charge >= 0.3 is 0 Å². The molecule has 3 aromatic rings. The molecule has 0 radical (unpaired) electrons. The maximum Gasteiger partial charge on any atom is 0.269 e. The molecule has 3 aromatic carbocycles. The van der Waals surface area contributed by atoms with E-state index in [9.17, 15) is 30.2 Å². The van der Waals surface area contributed by atoms with E-state index >= 15 is 0 Å². The fraction of sp³-hybridized carbons (Fsp3) is 0.0741. The van der Waals surface area contributed by atoms with Crippen LogP contribution >= 0.6 is 0 Å². The molecule has 0 aliphatic rings. The minimum atomic E-state index is -0.701. The fourth-order valence-corrected chi connectivity index (χ4v) is 3.08. The van der Waals surface area contributed by atoms with E-state index in [4.69, 9.17) is 9.47 Å². The van der Waals surface area contributed by atoms with Gasteiger partial charge in [0, 0.05) is 12.1 Å². The zero-order chi connectivity index (χ0) is 27.7. The second-order valence-corrected chi connectivity index (χ2v) is 7.60. The van der Waals surface area contributed by atoms with Crippen molar-refractivity contribution in [1.29, 1.82) is 0 Å². The SMILES string of the molecule is COc1cc(/C=C/C(=O)/C(N=Nc2ccc([N+](=O)[O-])cc2)=C(O)/C=C/c2ccc(O)c(OC)c2)ccc1O. The first-order valence-corrected chi connectivity index (χ1v) is 11.0. The summed E-state index contributed by atoms with van der Waals surface area (Å²) in [6, 6.07) is 14.1. The van der Waals surface area contributed by atoms with Gasteiger partial charge in [-0.2, -0.15) is 5.11 Å². The topological polar surface area (TPSA) is 164 Å². The molecule has 0 aliphatic carbocycles. The van der Waals surface area contributed by atoms with Crippen molar-refractivity contribution >= 4 is 29.3 Å². The van der Waals surface area contributed by atoms with Crippen LogP contribution in [0.4, 0.5) is 11.4 Å². The van der Waals surface area contributed by atoms with Crippen molar-refractivity contribution in [1.82, 2.24) is 0 Å². The molecular weight excluding hydrogens is 494 g/mol. The van der Waals surface area contributed by atoms with Gasteiger partial charge in [-0.25, -0.2) is 0 Å². The van der Waals surface area contributed by atoms with Crippen LogP contribution in [-0.4, -0.2) is 40.2 Å². The number of phenols is 2. The number of aliphatic hydroxyl groups excluding tert-OH is 1. The second-order valence-electron chi connectivity index (χ2n) is 7.60. The van der Waals surface area contributed by atoms with E-state index in [1.54, 1.807) is 12.1 Å². The van der Waals surface area contributed by atoms with Gasteiger partial charge in [0.2, 0.25) is 5.78 Å². The third-order valence-electron chi connectivity index (χ3n) is 5.07. The number of allylic oxidation sites excluding steroid dienone is 2. The number of methoxy groups -OCH3 is 2. The average molecular weight is 517 g/mol. The number of carbonyl (C=O) groups is 1. The minimum Gasteiger partial charge on any atom is -0.505 e. The van der Waals surface area contributed by atoms with Crippen LogP contribution in [0.1, 0.15) is 11.1 Å². The molecule has 0 unspecified atom stereocenters. The van der Waals surface area contributed by atoms with Crippen LogP contribution in [0.5, 0.6) is 23.0 Å². The quantitative estimate of drug-likeness (QED) is 0.0750. The number of benzene rings is 3. The monoisotopic (exact) mass is 517 g/mol. The lowest BCUT2D eigenvalue weighted by atomic mass is 10.1. The Kier molecular flexibility index (Phi) is 8.92. The molecule has 0 bridgehead atoms. The number of phenolic OH excluding ortho intramolecular Hbond substituents is 2. The first kappa shape index (κ1) is 27.1. The van der Waals surface area contributed by atoms with Gasteiger partial charge in [0.25, 0.3) is 5.69 Å². The molecule has 0 saturated carbocycles. The average Bonchev–Trinajstić information content (AvgIpc) is 2.92. The first-order valence-electron chi connectivity index (χ1n) is 11.0. The molecule has 0 spiro atoms. The summed E-state index contributed by atoms with van der Waals surface area (Å²) in [5.74, 6) is -0.913. The molecule has 3 N–H and O–H groups in total. The summed E-state index contributed by atoms with van der Waals surface area (Å²) in [5.41, 5.74) is 0.751. The molecular formula is C27H23N3O8. The van der Waals surface area contributed by atoms with Crippen LogP contribution in [0.25, 0.3) is 12.2 Å². The third-order valence-corrected chi connectivity index (χ3v) is 5.07. The number of azo groups is 1. The van der Waals surface area contributed by atoms with Crippen molar-refractivity contribution < 1.29 is 34.5 Å². The van der Waals surface area contributed by atoms with E-state index in [1.807, 2.05) is 0 Å². The summed E-state index contributed by atoms with van der Waals surface area (Å²) in [6.45, 7) is 0. The predicted octanol–water partition coefficient (Wildman–Crippen LogP) is 5.87. The largest absolute Gasteiger partial charge is 0.505 e. The first-order chi connectivity index (χ1) is 18.2. The highest BCUT2D eigenvalue weighted by atomic mass is 16.6. The second kappa shape index (κ2) is 12.5. The van der Waals surface area contributed by atoms with Gasteiger partial charge < -0.3 is 24.8 Å². The number of nitro benzene ring substituents is 1. The van der Waals surface area contributed by atoms with Crippen molar-refractivity contribution in [3.8, 4) is 23.0 Å². The predicted molar refractivity (Wildman–Crippen MR) is 140 cm³/mol. The number of nitro groups is 1. The number of carbonyl (C=O) groups excluding carboxylic acids is 1. The van der Waals surface area contributed by atoms with Gasteiger partial charge in [0.05, 0.1) is 24.8 Å². The lowest BCUT2D eigenvalue weighted by Gasteiger charge is -2.04. The van der Waals surface area contributed by atoms with Crippen molar-refractivity contribution in [2.45, 2.75) is 0 Å². The molecule has 11 nitrogen and oxygen atoms in total. The number of hydrogen-bond donors (Lipinski definition) is 3. The molecule has 0 saturated heterocycles. The number of nitrogens with zero attached hydrogens (tertiary/aromatic N) is 3. The van der Waals surface area contributed by atoms with E-state index in [2.05, 4.69) is 10.2 Å². The third kappa shape index (κ3) is 7.04. The molecule has 194 valence electrons. The molecule has 0 aliphatic heterocycles. The summed E-state index contributed by atoms with van der Waals surface area (Å²) in [5, 5.41) is 48.9. The van der Waals surface area contributed by atoms with Gasteiger partial charge in [0.1, 0.15) is 5.76 Å². The Morgan fingerprint density at radius 3 is 1.89 bits per heavy atom. The van der Waals surface area contributed by atoms with Crippen molar-refractivity contribution in [2.24, 2.45) is 10.2 Å². The van der Waals surface area contributed by atoms with E-state index in [1.165, 1.54) is 81.0 Å². The summed E-state index contributed by atoms with van der Waals surface area (Å²) >= 11 is 0. The Bertz CT molecular complexity index is 1460. The van der Waals surface area contributed by atoms with E-state index < -0.39 is 22.2 Å². The van der Waals surface area contributed by atoms with Crippen LogP contribution in [0.15, 0.2) is 94.5 Å². The molecule has 0 atom stereocenters. The smallest absolute Gasteiger partial charge is 0.269 e. The van der Waals surface area contributed by atoms with E-state index in [0.29, 0.717) is 11.1 Å². The summed E-state index contributed by atoms with van der Waals surface area (Å²) in [6.07, 6.45) is 5.29. The summed E-state index contributed by atoms with van der Waals surface area (Å²) < 4.78 is 10.1. The highest BCUT2D eigenvalue weighted by Gasteiger charge is 2.13. The molecule has 38 heavy (non-hydrogen) atoms. The van der Waals surface area contributed by atoms with Crippen molar-refractivity contribution in [3.63, 3.8) is 0 Å². The number of ketones is 1.